The Morgan fingerprint density at radius 2 is 1.83 bits per heavy atom. The van der Waals surface area contributed by atoms with Crippen molar-refractivity contribution >= 4 is 11.9 Å². The molecule has 1 aromatic carbocycles. The molecule has 1 rings (SSSR count). The minimum atomic E-state index is -1.17. The van der Waals surface area contributed by atoms with Crippen LogP contribution >= 0.6 is 0 Å². The molecule has 0 saturated carbocycles. The molecule has 1 aromatic rings. The monoisotopic (exact) mass is 254 g/mol. The van der Waals surface area contributed by atoms with Gasteiger partial charge in [0, 0.05) is 6.42 Å². The quantitative estimate of drug-likeness (QED) is 0.797. The highest BCUT2D eigenvalue weighted by atomic mass is 16.5. The maximum absolute atomic E-state index is 11.2. The first-order valence-corrected chi connectivity index (χ1v) is 5.20. The van der Waals surface area contributed by atoms with E-state index in [9.17, 15) is 14.7 Å². The van der Waals surface area contributed by atoms with Crippen molar-refractivity contribution in [1.29, 1.82) is 0 Å². The molecule has 98 valence electrons. The summed E-state index contributed by atoms with van der Waals surface area (Å²) in [5, 5.41) is 17.8. The number of aromatic carboxylic acids is 1. The predicted octanol–water partition coefficient (Wildman–Crippen LogP) is 1.42. The molecule has 0 aliphatic rings. The SMILES string of the molecule is COc1ccc(CCC(=O)O)c(C(=O)O)c1OC. The number of carboxylic acid groups (broad SMARTS) is 2. The lowest BCUT2D eigenvalue weighted by molar-refractivity contribution is -0.136. The topological polar surface area (TPSA) is 93.1 Å². The van der Waals surface area contributed by atoms with Crippen LogP contribution in [0.3, 0.4) is 0 Å². The van der Waals surface area contributed by atoms with Crippen LogP contribution in [-0.2, 0) is 11.2 Å². The van der Waals surface area contributed by atoms with E-state index in [0.717, 1.165) is 0 Å². The van der Waals surface area contributed by atoms with Gasteiger partial charge in [-0.3, -0.25) is 4.79 Å². The minimum absolute atomic E-state index is 0.0573. The first kappa shape index (κ1) is 13.8. The lowest BCUT2D eigenvalue weighted by atomic mass is 10.0. The Hall–Kier alpha value is -2.24. The molecule has 0 aliphatic carbocycles. The lowest BCUT2D eigenvalue weighted by Crippen LogP contribution is -2.08. The molecule has 0 spiro atoms. The average molecular weight is 254 g/mol. The van der Waals surface area contributed by atoms with Crippen molar-refractivity contribution < 1.29 is 29.3 Å². The highest BCUT2D eigenvalue weighted by Gasteiger charge is 2.20. The van der Waals surface area contributed by atoms with Crippen LogP contribution in [0, 0.1) is 0 Å². The standard InChI is InChI=1S/C12H14O6/c1-17-8-5-3-7(4-6-9(13)14)10(12(15)16)11(8)18-2/h3,5H,4,6H2,1-2H3,(H,13,14)(H,15,16). The van der Waals surface area contributed by atoms with Crippen molar-refractivity contribution in [2.75, 3.05) is 14.2 Å². The van der Waals surface area contributed by atoms with Crippen LogP contribution in [0.25, 0.3) is 0 Å². The third kappa shape index (κ3) is 2.91. The van der Waals surface area contributed by atoms with Gasteiger partial charge in [-0.15, -0.1) is 0 Å². The molecule has 18 heavy (non-hydrogen) atoms. The van der Waals surface area contributed by atoms with E-state index < -0.39 is 11.9 Å². The third-order valence-corrected chi connectivity index (χ3v) is 2.45. The first-order chi connectivity index (χ1) is 8.51. The molecular formula is C12H14O6. The van der Waals surface area contributed by atoms with Crippen molar-refractivity contribution in [3.8, 4) is 11.5 Å². The summed E-state index contributed by atoms with van der Waals surface area (Å²) in [5.41, 5.74) is 0.348. The van der Waals surface area contributed by atoms with Crippen molar-refractivity contribution in [2.24, 2.45) is 0 Å². The predicted molar refractivity (Wildman–Crippen MR) is 62.5 cm³/mol. The average Bonchev–Trinajstić information content (AvgIpc) is 2.34. The summed E-state index contributed by atoms with van der Waals surface area (Å²) >= 11 is 0. The second kappa shape index (κ2) is 5.90. The summed E-state index contributed by atoms with van der Waals surface area (Å²) < 4.78 is 10.0. The molecule has 0 atom stereocenters. The molecule has 0 amide bonds. The van der Waals surface area contributed by atoms with Crippen molar-refractivity contribution in [3.63, 3.8) is 0 Å². The fourth-order valence-corrected chi connectivity index (χ4v) is 1.65. The number of benzene rings is 1. The van der Waals surface area contributed by atoms with E-state index in [0.29, 0.717) is 11.3 Å². The van der Waals surface area contributed by atoms with Crippen LogP contribution in [-0.4, -0.2) is 36.4 Å². The summed E-state index contributed by atoms with van der Waals surface area (Å²) in [6.07, 6.45) is -0.0207. The first-order valence-electron chi connectivity index (χ1n) is 5.20. The fourth-order valence-electron chi connectivity index (χ4n) is 1.65. The summed E-state index contributed by atoms with van der Waals surface area (Å²) in [7, 11) is 2.74. The molecular weight excluding hydrogens is 240 g/mol. The van der Waals surface area contributed by atoms with Gasteiger partial charge < -0.3 is 19.7 Å². The van der Waals surface area contributed by atoms with Gasteiger partial charge in [0.2, 0.25) is 0 Å². The molecule has 0 unspecified atom stereocenters. The van der Waals surface area contributed by atoms with Gasteiger partial charge in [-0.1, -0.05) is 6.07 Å². The van der Waals surface area contributed by atoms with Crippen LogP contribution in [0.1, 0.15) is 22.3 Å². The minimum Gasteiger partial charge on any atom is -0.493 e. The molecule has 0 heterocycles. The maximum atomic E-state index is 11.2. The molecule has 0 aromatic heterocycles. The Morgan fingerprint density at radius 1 is 1.17 bits per heavy atom. The van der Waals surface area contributed by atoms with E-state index >= 15 is 0 Å². The lowest BCUT2D eigenvalue weighted by Gasteiger charge is -2.13. The number of aliphatic carboxylic acids is 1. The third-order valence-electron chi connectivity index (χ3n) is 2.45. The Bertz CT molecular complexity index is 466. The number of hydrogen-bond acceptors (Lipinski definition) is 4. The summed E-state index contributed by atoms with van der Waals surface area (Å²) in [5.74, 6) is -1.76. The van der Waals surface area contributed by atoms with E-state index in [2.05, 4.69) is 0 Å². The van der Waals surface area contributed by atoms with Crippen molar-refractivity contribution in [3.05, 3.63) is 23.3 Å². The number of hydrogen-bond donors (Lipinski definition) is 2. The van der Waals surface area contributed by atoms with E-state index in [1.165, 1.54) is 20.3 Å². The molecule has 6 nitrogen and oxygen atoms in total. The number of carbonyl (C=O) groups is 2. The number of rotatable bonds is 6. The molecule has 0 fully saturated rings. The fraction of sp³-hybridized carbons (Fsp3) is 0.333. The van der Waals surface area contributed by atoms with Crippen LogP contribution in [0.5, 0.6) is 11.5 Å². The molecule has 0 aliphatic heterocycles. The van der Waals surface area contributed by atoms with E-state index in [-0.39, 0.29) is 24.2 Å². The summed E-state index contributed by atoms with van der Waals surface area (Å²) in [4.78, 5) is 21.8. The number of carboxylic acids is 2. The van der Waals surface area contributed by atoms with E-state index in [1.54, 1.807) is 6.07 Å². The van der Waals surface area contributed by atoms with Crippen molar-refractivity contribution in [1.82, 2.24) is 0 Å². The normalized spacial score (nSPS) is 9.89. The van der Waals surface area contributed by atoms with Gasteiger partial charge in [-0.05, 0) is 18.1 Å². The zero-order chi connectivity index (χ0) is 13.7. The highest BCUT2D eigenvalue weighted by molar-refractivity contribution is 5.94. The van der Waals surface area contributed by atoms with Gasteiger partial charge in [-0.25, -0.2) is 4.79 Å². The highest BCUT2D eigenvalue weighted by Crippen LogP contribution is 2.33. The van der Waals surface area contributed by atoms with E-state index in [4.69, 9.17) is 14.6 Å². The van der Waals surface area contributed by atoms with E-state index in [1.807, 2.05) is 0 Å². The Kier molecular flexibility index (Phi) is 4.53. The van der Waals surface area contributed by atoms with Crippen LogP contribution in [0.4, 0.5) is 0 Å². The molecule has 0 saturated heterocycles. The van der Waals surface area contributed by atoms with Crippen LogP contribution in [0.2, 0.25) is 0 Å². The number of aryl methyl sites for hydroxylation is 1. The summed E-state index contributed by atoms with van der Waals surface area (Å²) in [6, 6.07) is 3.09. The Balaban J connectivity index is 3.25. The molecule has 2 N–H and O–H groups in total. The van der Waals surface area contributed by atoms with Gasteiger partial charge in [0.05, 0.1) is 14.2 Å². The second-order valence-electron chi connectivity index (χ2n) is 3.53. The zero-order valence-electron chi connectivity index (χ0n) is 10.1. The summed E-state index contributed by atoms with van der Waals surface area (Å²) in [6.45, 7) is 0. The zero-order valence-corrected chi connectivity index (χ0v) is 10.1. The van der Waals surface area contributed by atoms with Crippen molar-refractivity contribution in [2.45, 2.75) is 12.8 Å². The number of ether oxygens (including phenoxy) is 2. The van der Waals surface area contributed by atoms with Crippen LogP contribution < -0.4 is 9.47 Å². The van der Waals surface area contributed by atoms with Gasteiger partial charge >= 0.3 is 11.9 Å². The maximum Gasteiger partial charge on any atom is 0.339 e. The van der Waals surface area contributed by atoms with Gasteiger partial charge in [0.1, 0.15) is 5.56 Å². The second-order valence-corrected chi connectivity index (χ2v) is 3.53. The molecule has 0 bridgehead atoms. The van der Waals surface area contributed by atoms with Gasteiger partial charge in [0.15, 0.2) is 11.5 Å². The molecule has 6 heteroatoms. The largest absolute Gasteiger partial charge is 0.493 e. The smallest absolute Gasteiger partial charge is 0.339 e. The Morgan fingerprint density at radius 3 is 2.28 bits per heavy atom. The van der Waals surface area contributed by atoms with Gasteiger partial charge in [-0.2, -0.15) is 0 Å². The Labute approximate surface area is 104 Å². The van der Waals surface area contributed by atoms with Gasteiger partial charge in [0.25, 0.3) is 0 Å². The number of methoxy groups -OCH3 is 2. The van der Waals surface area contributed by atoms with Crippen LogP contribution in [0.15, 0.2) is 12.1 Å². The molecule has 0 radical (unpaired) electrons.